The van der Waals surface area contributed by atoms with Gasteiger partial charge in [0.2, 0.25) is 0 Å². The number of aromatic nitrogens is 4. The Morgan fingerprint density at radius 3 is 2.63 bits per heavy atom. The molecule has 0 spiro atoms. The van der Waals surface area contributed by atoms with Crippen LogP contribution < -0.4 is 5.56 Å². The number of hydrogen-bond acceptors (Lipinski definition) is 6. The van der Waals surface area contributed by atoms with E-state index in [1.165, 1.54) is 11.8 Å². The number of aliphatic hydroxyl groups excluding tert-OH is 1. The molecule has 0 fully saturated rings. The summed E-state index contributed by atoms with van der Waals surface area (Å²) >= 11 is 1.22. The zero-order valence-electron chi connectivity index (χ0n) is 16.3. The Morgan fingerprint density at radius 1 is 1.17 bits per heavy atom. The zero-order valence-corrected chi connectivity index (χ0v) is 17.1. The first-order valence-corrected chi connectivity index (χ1v) is 10.5. The van der Waals surface area contributed by atoms with Crippen molar-refractivity contribution in [3.63, 3.8) is 0 Å². The summed E-state index contributed by atoms with van der Waals surface area (Å²) in [4.78, 5) is 24.9. The van der Waals surface area contributed by atoms with Gasteiger partial charge >= 0.3 is 0 Å². The minimum atomic E-state index is -0.119. The van der Waals surface area contributed by atoms with Gasteiger partial charge in [-0.15, -0.1) is 0 Å². The molecule has 150 valence electrons. The molecule has 2 aromatic carbocycles. The molecule has 0 amide bonds. The third kappa shape index (κ3) is 3.67. The number of fused-ring (bicyclic) bond motifs is 2. The maximum absolute atomic E-state index is 12.9. The Kier molecular flexibility index (Phi) is 5.55. The molecule has 0 saturated carbocycles. The zero-order chi connectivity index (χ0) is 21.1. The molecular formula is C22H19N5O2S. The number of nitrogens with one attached hydrogen (secondary N) is 1. The summed E-state index contributed by atoms with van der Waals surface area (Å²) in [6.45, 7) is 2.51. The number of nitriles is 1. The summed E-state index contributed by atoms with van der Waals surface area (Å²) in [6, 6.07) is 16.6. The van der Waals surface area contributed by atoms with Gasteiger partial charge in [0.05, 0.1) is 27.7 Å². The van der Waals surface area contributed by atoms with E-state index in [-0.39, 0.29) is 22.6 Å². The molecule has 8 heteroatoms. The van der Waals surface area contributed by atoms with E-state index < -0.39 is 0 Å². The number of rotatable bonds is 6. The number of imidazole rings is 1. The van der Waals surface area contributed by atoms with Gasteiger partial charge in [-0.2, -0.15) is 5.26 Å². The van der Waals surface area contributed by atoms with Crippen LogP contribution >= 0.6 is 11.8 Å². The molecular weight excluding hydrogens is 398 g/mol. The molecule has 2 N–H and O–H groups in total. The third-order valence-corrected chi connectivity index (χ3v) is 5.63. The fourth-order valence-electron chi connectivity index (χ4n) is 3.21. The Morgan fingerprint density at radius 2 is 1.90 bits per heavy atom. The number of aliphatic hydroxyl groups is 1. The van der Waals surface area contributed by atoms with E-state index in [1.54, 1.807) is 16.7 Å². The highest BCUT2D eigenvalue weighted by atomic mass is 32.2. The highest BCUT2D eigenvalue weighted by Crippen LogP contribution is 2.24. The first-order valence-electron chi connectivity index (χ1n) is 9.52. The molecule has 2 aromatic heterocycles. The second-order valence-electron chi connectivity index (χ2n) is 6.69. The highest BCUT2D eigenvalue weighted by molar-refractivity contribution is 7.99. The lowest BCUT2D eigenvalue weighted by Crippen LogP contribution is -2.23. The summed E-state index contributed by atoms with van der Waals surface area (Å²) in [7, 11) is 0. The molecule has 0 saturated heterocycles. The fraction of sp³-hybridized carbons (Fsp3) is 0.182. The largest absolute Gasteiger partial charge is 0.510 e. The molecule has 0 aliphatic carbocycles. The van der Waals surface area contributed by atoms with Gasteiger partial charge in [-0.1, -0.05) is 43.0 Å². The van der Waals surface area contributed by atoms with Gasteiger partial charge in [-0.3, -0.25) is 9.36 Å². The van der Waals surface area contributed by atoms with Gasteiger partial charge in [0.15, 0.2) is 11.0 Å². The van der Waals surface area contributed by atoms with E-state index in [4.69, 9.17) is 0 Å². The van der Waals surface area contributed by atoms with Gasteiger partial charge in [-0.25, -0.2) is 9.97 Å². The summed E-state index contributed by atoms with van der Waals surface area (Å²) in [5.41, 5.74) is 2.08. The minimum absolute atomic E-state index is 0.0730. The number of hydrogen-bond donors (Lipinski definition) is 2. The predicted octanol–water partition coefficient (Wildman–Crippen LogP) is 4.27. The molecule has 30 heavy (non-hydrogen) atoms. The molecule has 0 atom stereocenters. The smallest absolute Gasteiger partial charge is 0.262 e. The number of nitrogens with zero attached hydrogens (tertiary/aromatic N) is 4. The van der Waals surface area contributed by atoms with Crippen LogP contribution in [0.15, 0.2) is 64.2 Å². The van der Waals surface area contributed by atoms with Crippen molar-refractivity contribution < 1.29 is 5.11 Å². The Balaban J connectivity index is 1.69. The van der Waals surface area contributed by atoms with Gasteiger partial charge in [0, 0.05) is 6.54 Å². The van der Waals surface area contributed by atoms with Gasteiger partial charge < -0.3 is 10.1 Å². The third-order valence-electron chi connectivity index (χ3n) is 4.64. The maximum atomic E-state index is 12.9. The monoisotopic (exact) mass is 417 g/mol. The number of aromatic amines is 1. The van der Waals surface area contributed by atoms with Crippen molar-refractivity contribution in [2.45, 2.75) is 25.0 Å². The van der Waals surface area contributed by atoms with E-state index in [0.29, 0.717) is 33.9 Å². The van der Waals surface area contributed by atoms with Crippen LogP contribution in [0.4, 0.5) is 0 Å². The van der Waals surface area contributed by atoms with Gasteiger partial charge in [-0.05, 0) is 30.7 Å². The van der Waals surface area contributed by atoms with Crippen molar-refractivity contribution in [1.82, 2.24) is 19.5 Å². The molecule has 0 bridgehead atoms. The van der Waals surface area contributed by atoms with E-state index >= 15 is 0 Å². The lowest BCUT2D eigenvalue weighted by atomic mass is 10.2. The number of allylic oxidation sites excluding steroid dienone is 1. The number of benzene rings is 2. The number of thioether (sulfide) groups is 1. The number of H-pyrrole nitrogens is 1. The van der Waals surface area contributed by atoms with E-state index in [9.17, 15) is 15.2 Å². The molecule has 7 nitrogen and oxygen atoms in total. The molecule has 0 aliphatic rings. The standard InChI is InChI=1S/C22H19N5O2S/c1-2-11-27-21(29)14-7-3-4-8-16(14)26-22(27)30-13-19(28)15(12-23)20-24-17-9-5-6-10-18(17)25-20/h3-10,28H,2,11,13H2,1H3,(H,24,25)/b19-15-. The SMILES string of the molecule is CCCn1c(SC/C(O)=C(\C#N)c2nc3ccccc3[nH]2)nc2ccccc2c1=O. The quantitative estimate of drug-likeness (QED) is 0.210. The van der Waals surface area contributed by atoms with Crippen molar-refractivity contribution in [3.05, 3.63) is 70.5 Å². The Bertz CT molecular complexity index is 1330. The molecule has 0 radical (unpaired) electrons. The molecule has 4 rings (SSSR count). The molecule has 2 heterocycles. The minimum Gasteiger partial charge on any atom is -0.510 e. The lowest BCUT2D eigenvalue weighted by molar-refractivity contribution is 0.420. The van der Waals surface area contributed by atoms with Crippen molar-refractivity contribution in [1.29, 1.82) is 5.26 Å². The van der Waals surface area contributed by atoms with Gasteiger partial charge in [0.25, 0.3) is 5.56 Å². The molecule has 0 unspecified atom stereocenters. The van der Waals surface area contributed by atoms with Crippen LogP contribution in [0.1, 0.15) is 19.2 Å². The lowest BCUT2D eigenvalue weighted by Gasteiger charge is -2.12. The normalized spacial score (nSPS) is 12.1. The van der Waals surface area contributed by atoms with Crippen molar-refractivity contribution in [2.24, 2.45) is 0 Å². The highest BCUT2D eigenvalue weighted by Gasteiger charge is 2.16. The second kappa shape index (κ2) is 8.43. The first kappa shape index (κ1) is 19.7. The maximum Gasteiger partial charge on any atom is 0.262 e. The van der Waals surface area contributed by atoms with Crippen molar-refractivity contribution >= 4 is 39.3 Å². The van der Waals surface area contributed by atoms with Crippen LogP contribution in [0, 0.1) is 11.3 Å². The Hall–Kier alpha value is -3.57. The van der Waals surface area contributed by atoms with Crippen molar-refractivity contribution in [3.8, 4) is 6.07 Å². The van der Waals surface area contributed by atoms with Crippen LogP contribution in [0.5, 0.6) is 0 Å². The van der Waals surface area contributed by atoms with Crippen LogP contribution in [-0.2, 0) is 6.54 Å². The predicted molar refractivity (Wildman–Crippen MR) is 118 cm³/mol. The van der Waals surface area contributed by atoms with Crippen LogP contribution in [0.3, 0.4) is 0 Å². The van der Waals surface area contributed by atoms with E-state index in [2.05, 4.69) is 15.0 Å². The average molecular weight is 417 g/mol. The summed E-state index contributed by atoms with van der Waals surface area (Å²) in [6.07, 6.45) is 0.776. The van der Waals surface area contributed by atoms with Gasteiger partial charge in [0.1, 0.15) is 17.4 Å². The van der Waals surface area contributed by atoms with Crippen LogP contribution in [0.25, 0.3) is 27.5 Å². The summed E-state index contributed by atoms with van der Waals surface area (Å²) in [5.74, 6) is 0.287. The molecule has 4 aromatic rings. The summed E-state index contributed by atoms with van der Waals surface area (Å²) in [5, 5.41) is 21.3. The first-order chi connectivity index (χ1) is 14.6. The summed E-state index contributed by atoms with van der Waals surface area (Å²) < 4.78 is 1.62. The second-order valence-corrected chi connectivity index (χ2v) is 7.64. The van der Waals surface area contributed by atoms with Crippen molar-refractivity contribution in [2.75, 3.05) is 5.75 Å². The van der Waals surface area contributed by atoms with Crippen LogP contribution in [0.2, 0.25) is 0 Å². The topological polar surface area (TPSA) is 108 Å². The Labute approximate surface area is 176 Å². The van der Waals surface area contributed by atoms with E-state index in [0.717, 1.165) is 11.9 Å². The van der Waals surface area contributed by atoms with E-state index in [1.807, 2.05) is 49.4 Å². The fourth-order valence-corrected chi connectivity index (χ4v) is 4.11. The molecule has 0 aliphatic heterocycles. The van der Waals surface area contributed by atoms with Crippen LogP contribution in [-0.4, -0.2) is 30.4 Å². The average Bonchev–Trinajstić information content (AvgIpc) is 3.19. The number of para-hydroxylation sites is 3.